The van der Waals surface area contributed by atoms with Crippen LogP contribution in [0.15, 0.2) is 18.2 Å². The molecule has 0 bridgehead atoms. The van der Waals surface area contributed by atoms with Gasteiger partial charge in [0.1, 0.15) is 0 Å². The molecule has 0 saturated carbocycles. The van der Waals surface area contributed by atoms with Gasteiger partial charge >= 0.3 is 23.9 Å². The molecular formula is C11H5F6I2O5S-. The Morgan fingerprint density at radius 1 is 1.04 bits per heavy atom. The zero-order chi connectivity index (χ0) is 19.8. The Balaban J connectivity index is 3.46. The molecule has 0 unspecified atom stereocenters. The fourth-order valence-corrected chi connectivity index (χ4v) is 3.29. The number of ether oxygens (including phenoxy) is 1. The topological polar surface area (TPSA) is 83.5 Å². The van der Waals surface area contributed by atoms with Gasteiger partial charge < -0.3 is 9.29 Å². The van der Waals surface area contributed by atoms with E-state index in [0.717, 1.165) is 12.1 Å². The lowest BCUT2D eigenvalue weighted by Gasteiger charge is -2.36. The normalized spacial score (nSPS) is 13.6. The van der Waals surface area contributed by atoms with Gasteiger partial charge in [-0.05, 0) is 63.4 Å². The average Bonchev–Trinajstić information content (AvgIpc) is 2.36. The van der Waals surface area contributed by atoms with Crippen molar-refractivity contribution in [3.63, 3.8) is 0 Å². The number of benzene rings is 1. The molecule has 0 aromatic heterocycles. The molecule has 1 aromatic rings. The SMILES string of the molecule is O=C(OC(CS(=O)(=O)[O-])(C(F)(F)F)C(F)(F)F)c1ccc(I)c(I)c1. The third-order valence-corrected chi connectivity index (χ3v) is 6.34. The molecule has 0 atom stereocenters. The maximum atomic E-state index is 13.0. The summed E-state index contributed by atoms with van der Waals surface area (Å²) in [5.41, 5.74) is -6.16. The second kappa shape index (κ2) is 7.34. The highest BCUT2D eigenvalue weighted by atomic mass is 127. The molecule has 1 rings (SSSR count). The van der Waals surface area contributed by atoms with Gasteiger partial charge in [0, 0.05) is 7.14 Å². The lowest BCUT2D eigenvalue weighted by atomic mass is 10.1. The van der Waals surface area contributed by atoms with Crippen molar-refractivity contribution in [1.82, 2.24) is 0 Å². The van der Waals surface area contributed by atoms with Gasteiger partial charge in [0.05, 0.1) is 21.4 Å². The summed E-state index contributed by atoms with van der Waals surface area (Å²) in [6.07, 6.45) is -12.8. The van der Waals surface area contributed by atoms with Crippen LogP contribution in [0.5, 0.6) is 0 Å². The van der Waals surface area contributed by atoms with Crippen molar-refractivity contribution in [2.24, 2.45) is 0 Å². The Kier molecular flexibility index (Phi) is 6.66. The van der Waals surface area contributed by atoms with Gasteiger partial charge in [-0.25, -0.2) is 13.2 Å². The van der Waals surface area contributed by atoms with E-state index in [-0.39, 0.29) is 0 Å². The van der Waals surface area contributed by atoms with Gasteiger partial charge in [0.15, 0.2) is 0 Å². The van der Waals surface area contributed by atoms with E-state index in [1.54, 1.807) is 45.2 Å². The van der Waals surface area contributed by atoms with Crippen LogP contribution in [-0.4, -0.2) is 42.6 Å². The summed E-state index contributed by atoms with van der Waals surface area (Å²) in [5, 5.41) is 0. The summed E-state index contributed by atoms with van der Waals surface area (Å²) in [6.45, 7) is 0. The standard InChI is InChI=1S/C11H6F6I2O5S/c12-10(13,14)9(11(15,16)17,4-25(21,22)23)24-8(20)5-1-2-6(18)7(19)3-5/h1-3H,4H2,(H,21,22,23)/p-1. The summed E-state index contributed by atoms with van der Waals surface area (Å²) < 4.78 is 114. The predicted octanol–water partition coefficient (Wildman–Crippen LogP) is 3.46. The zero-order valence-corrected chi connectivity index (χ0v) is 16.5. The number of hydrogen-bond acceptors (Lipinski definition) is 5. The van der Waals surface area contributed by atoms with Crippen molar-refractivity contribution in [3.05, 3.63) is 30.9 Å². The van der Waals surface area contributed by atoms with Gasteiger partial charge in [0.2, 0.25) is 0 Å². The van der Waals surface area contributed by atoms with Crippen molar-refractivity contribution >= 4 is 61.3 Å². The van der Waals surface area contributed by atoms with Crippen LogP contribution in [-0.2, 0) is 14.9 Å². The Morgan fingerprint density at radius 3 is 1.88 bits per heavy atom. The van der Waals surface area contributed by atoms with Crippen LogP contribution in [0, 0.1) is 7.14 Å². The molecule has 14 heteroatoms. The maximum Gasteiger partial charge on any atom is 0.438 e. The van der Waals surface area contributed by atoms with E-state index in [9.17, 15) is 44.1 Å². The van der Waals surface area contributed by atoms with Crippen LogP contribution < -0.4 is 0 Å². The Hall–Kier alpha value is -0.360. The molecule has 0 amide bonds. The second-order valence-corrected chi connectivity index (χ2v) is 8.27. The number of carbonyl (C=O) groups excluding carboxylic acids is 1. The molecule has 0 radical (unpaired) electrons. The van der Waals surface area contributed by atoms with Gasteiger partial charge in [-0.1, -0.05) is 0 Å². The number of rotatable bonds is 4. The van der Waals surface area contributed by atoms with E-state index < -0.39 is 45.4 Å². The molecule has 0 aliphatic rings. The molecule has 1 aromatic carbocycles. The average molecular weight is 617 g/mol. The summed E-state index contributed by atoms with van der Waals surface area (Å²) in [7, 11) is -6.06. The highest BCUT2D eigenvalue weighted by Crippen LogP contribution is 2.47. The minimum absolute atomic E-state index is 0.328. The van der Waals surface area contributed by atoms with Crippen molar-refractivity contribution in [2.75, 3.05) is 5.75 Å². The predicted molar refractivity (Wildman–Crippen MR) is 86.7 cm³/mol. The molecule has 142 valence electrons. The van der Waals surface area contributed by atoms with Crippen molar-refractivity contribution in [2.45, 2.75) is 18.0 Å². The van der Waals surface area contributed by atoms with Crippen LogP contribution in [0.25, 0.3) is 0 Å². The number of halogens is 8. The molecule has 25 heavy (non-hydrogen) atoms. The van der Waals surface area contributed by atoms with Crippen LogP contribution in [0.2, 0.25) is 0 Å². The lowest BCUT2D eigenvalue weighted by molar-refractivity contribution is -0.356. The zero-order valence-electron chi connectivity index (χ0n) is 11.4. The second-order valence-electron chi connectivity index (χ2n) is 4.54. The van der Waals surface area contributed by atoms with Crippen LogP contribution in [0.3, 0.4) is 0 Å². The Morgan fingerprint density at radius 2 is 1.52 bits per heavy atom. The first-order chi connectivity index (χ1) is 11.0. The Bertz CT molecular complexity index is 760. The molecule has 0 saturated heterocycles. The molecule has 0 N–H and O–H groups in total. The first-order valence-corrected chi connectivity index (χ1v) is 9.49. The highest BCUT2D eigenvalue weighted by Gasteiger charge is 2.75. The number of carbonyl (C=O) groups is 1. The van der Waals surface area contributed by atoms with E-state index in [1.165, 1.54) is 6.07 Å². The van der Waals surface area contributed by atoms with Gasteiger partial charge in [0.25, 0.3) is 0 Å². The van der Waals surface area contributed by atoms with Crippen LogP contribution in [0.1, 0.15) is 10.4 Å². The van der Waals surface area contributed by atoms with Crippen molar-refractivity contribution in [1.29, 1.82) is 0 Å². The largest absolute Gasteiger partial charge is 0.748 e. The van der Waals surface area contributed by atoms with E-state index in [4.69, 9.17) is 0 Å². The fourth-order valence-electron chi connectivity index (χ4n) is 1.56. The number of alkyl halides is 6. The summed E-state index contributed by atoms with van der Waals surface area (Å²) >= 11 is 3.47. The van der Waals surface area contributed by atoms with Gasteiger partial charge in [-0.3, -0.25) is 0 Å². The fraction of sp³-hybridized carbons (Fsp3) is 0.364. The van der Waals surface area contributed by atoms with Crippen LogP contribution >= 0.6 is 45.2 Å². The van der Waals surface area contributed by atoms with Crippen LogP contribution in [0.4, 0.5) is 26.3 Å². The van der Waals surface area contributed by atoms with E-state index in [0.29, 0.717) is 7.14 Å². The quantitative estimate of drug-likeness (QED) is 0.224. The molecule has 0 spiro atoms. The first kappa shape index (κ1) is 22.7. The molecule has 5 nitrogen and oxygen atoms in total. The molecular weight excluding hydrogens is 612 g/mol. The highest BCUT2D eigenvalue weighted by molar-refractivity contribution is 14.1. The van der Waals surface area contributed by atoms with Gasteiger partial charge in [-0.2, -0.15) is 26.3 Å². The molecule has 0 heterocycles. The number of hydrogen-bond donors (Lipinski definition) is 0. The smallest absolute Gasteiger partial charge is 0.438 e. The Labute approximate surface area is 164 Å². The minimum Gasteiger partial charge on any atom is -0.748 e. The third kappa shape index (κ3) is 5.31. The maximum absolute atomic E-state index is 13.0. The first-order valence-electron chi connectivity index (χ1n) is 5.75. The van der Waals surface area contributed by atoms with E-state index in [1.807, 2.05) is 0 Å². The molecule has 0 aliphatic heterocycles. The number of esters is 1. The van der Waals surface area contributed by atoms with Crippen molar-refractivity contribution < 1.29 is 48.8 Å². The third-order valence-electron chi connectivity index (χ3n) is 2.72. The summed E-state index contributed by atoms with van der Waals surface area (Å²) in [6, 6.07) is 3.08. The van der Waals surface area contributed by atoms with E-state index >= 15 is 0 Å². The summed E-state index contributed by atoms with van der Waals surface area (Å²) in [5.74, 6) is -5.10. The lowest BCUT2D eigenvalue weighted by Crippen LogP contribution is -2.63. The van der Waals surface area contributed by atoms with Crippen molar-refractivity contribution in [3.8, 4) is 0 Å². The van der Waals surface area contributed by atoms with E-state index in [2.05, 4.69) is 4.74 Å². The molecule has 0 fully saturated rings. The van der Waals surface area contributed by atoms with Gasteiger partial charge in [-0.15, -0.1) is 0 Å². The monoisotopic (exact) mass is 617 g/mol. The molecule has 0 aliphatic carbocycles. The summed E-state index contributed by atoms with van der Waals surface area (Å²) in [4.78, 5) is 11.8. The minimum atomic E-state index is -6.39.